The molecule has 8 nitrogen and oxygen atoms in total. The van der Waals surface area contributed by atoms with Gasteiger partial charge in [-0.3, -0.25) is 9.36 Å². The zero-order chi connectivity index (χ0) is 32.3. The molecule has 2 N–H and O–H groups in total. The van der Waals surface area contributed by atoms with Gasteiger partial charge in [-0.05, 0) is 41.2 Å². The van der Waals surface area contributed by atoms with E-state index in [1.807, 2.05) is 50.8 Å². The predicted molar refractivity (Wildman–Crippen MR) is 174 cm³/mol. The molecule has 1 unspecified atom stereocenters. The van der Waals surface area contributed by atoms with Crippen LogP contribution in [0.25, 0.3) is 27.7 Å². The number of phenols is 1. The lowest BCUT2D eigenvalue weighted by Gasteiger charge is -2.41. The first-order valence-corrected chi connectivity index (χ1v) is 15.3. The Morgan fingerprint density at radius 3 is 2.38 bits per heavy atom. The molecular weight excluding hydrogens is 600 g/mol. The number of anilines is 2. The Hall–Kier alpha value is -4.44. The number of benzene rings is 3. The molecule has 3 heterocycles. The van der Waals surface area contributed by atoms with Gasteiger partial charge in [-0.1, -0.05) is 70.1 Å². The number of carbonyl (C=O) groups excluding carboxylic acids is 1. The number of hydrogen-bond acceptors (Lipinski definition) is 6. The maximum absolute atomic E-state index is 17.4. The third-order valence-electron chi connectivity index (χ3n) is 8.76. The van der Waals surface area contributed by atoms with E-state index in [1.54, 1.807) is 4.90 Å². The molecule has 0 radical (unpaired) electrons. The molecule has 1 amide bonds. The van der Waals surface area contributed by atoms with E-state index in [0.717, 1.165) is 17.2 Å². The number of fused-ring (bicyclic) bond motifs is 2. The fourth-order valence-corrected chi connectivity index (χ4v) is 6.93. The molecule has 1 atom stereocenters. The van der Waals surface area contributed by atoms with Gasteiger partial charge in [0.25, 0.3) is 0 Å². The van der Waals surface area contributed by atoms with Gasteiger partial charge in [0.2, 0.25) is 5.91 Å². The highest BCUT2D eigenvalue weighted by atomic mass is 35.5. The number of phenolic OH excluding ortho intramolecular Hbond substituents is 1. The van der Waals surface area contributed by atoms with Crippen LogP contribution < -0.4 is 15.9 Å². The summed E-state index contributed by atoms with van der Waals surface area (Å²) in [6.45, 7) is 12.8. The molecule has 0 aliphatic carbocycles. The molecule has 2 aliphatic rings. The van der Waals surface area contributed by atoms with Gasteiger partial charge in [-0.2, -0.15) is 4.98 Å². The summed E-state index contributed by atoms with van der Waals surface area (Å²) < 4.78 is 34.1. The lowest BCUT2D eigenvalue weighted by molar-refractivity contribution is -0.126. The zero-order valence-electron chi connectivity index (χ0n) is 25.5. The minimum absolute atomic E-state index is 0.0427. The van der Waals surface area contributed by atoms with Gasteiger partial charge in [0.1, 0.15) is 22.9 Å². The molecule has 4 aromatic rings. The third-order valence-corrected chi connectivity index (χ3v) is 9.13. The molecule has 1 saturated heterocycles. The van der Waals surface area contributed by atoms with Gasteiger partial charge >= 0.3 is 5.69 Å². The molecule has 6 rings (SSSR count). The van der Waals surface area contributed by atoms with Crippen molar-refractivity contribution in [2.24, 2.45) is 0 Å². The van der Waals surface area contributed by atoms with Crippen LogP contribution in [0.15, 0.2) is 53.8 Å². The van der Waals surface area contributed by atoms with E-state index in [4.69, 9.17) is 11.6 Å². The second-order valence-corrected chi connectivity index (χ2v) is 12.5. The number of aromatic nitrogens is 2. The summed E-state index contributed by atoms with van der Waals surface area (Å²) >= 11 is 6.96. The van der Waals surface area contributed by atoms with Gasteiger partial charge in [0.05, 0.1) is 33.4 Å². The molecule has 0 spiro atoms. The molecular formula is C34H34ClF2N5O3. The second kappa shape index (κ2) is 11.5. The molecule has 11 heteroatoms. The Balaban J connectivity index is 1.78. The van der Waals surface area contributed by atoms with Crippen molar-refractivity contribution < 1.29 is 18.7 Å². The van der Waals surface area contributed by atoms with Crippen molar-refractivity contribution in [1.82, 2.24) is 14.5 Å². The number of nitrogens with zero attached hydrogens (tertiary/aromatic N) is 4. The summed E-state index contributed by atoms with van der Waals surface area (Å²) in [6, 6.07) is 9.05. The van der Waals surface area contributed by atoms with Crippen molar-refractivity contribution in [2.45, 2.75) is 45.6 Å². The number of aromatic hydroxyl groups is 1. The molecule has 0 saturated carbocycles. The molecule has 234 valence electrons. The number of halogens is 3. The minimum Gasteiger partial charge on any atom is -0.507 e. The zero-order valence-corrected chi connectivity index (χ0v) is 26.3. The van der Waals surface area contributed by atoms with Crippen LogP contribution in [0.2, 0.25) is 5.02 Å². The largest absolute Gasteiger partial charge is 0.507 e. The Morgan fingerprint density at radius 1 is 1.09 bits per heavy atom. The van der Waals surface area contributed by atoms with Crippen molar-refractivity contribution in [2.75, 3.05) is 36.4 Å². The van der Waals surface area contributed by atoms with E-state index in [9.17, 15) is 14.7 Å². The quantitative estimate of drug-likeness (QED) is 0.242. The summed E-state index contributed by atoms with van der Waals surface area (Å²) in [5.41, 5.74) is 0.747. The Labute approximate surface area is 264 Å². The average molecular weight is 634 g/mol. The Kier molecular flexibility index (Phi) is 7.81. The minimum atomic E-state index is -0.964. The number of carbonyl (C=O) groups is 1. The number of hydrogen-bond donors (Lipinski definition) is 2. The van der Waals surface area contributed by atoms with Gasteiger partial charge in [-0.15, -0.1) is 0 Å². The highest BCUT2D eigenvalue weighted by Gasteiger charge is 2.38. The van der Waals surface area contributed by atoms with E-state index in [1.165, 1.54) is 22.8 Å². The first kappa shape index (κ1) is 30.6. The topological polar surface area (TPSA) is 90.7 Å². The highest BCUT2D eigenvalue weighted by Crippen LogP contribution is 2.49. The number of nitrogens with one attached hydrogen (secondary N) is 1. The molecule has 1 fully saturated rings. The lowest BCUT2D eigenvalue weighted by Crippen LogP contribution is -2.57. The summed E-state index contributed by atoms with van der Waals surface area (Å²) in [7, 11) is 0. The van der Waals surface area contributed by atoms with E-state index < -0.39 is 28.6 Å². The van der Waals surface area contributed by atoms with Crippen molar-refractivity contribution >= 4 is 39.9 Å². The van der Waals surface area contributed by atoms with E-state index in [-0.39, 0.29) is 63.3 Å². The molecule has 45 heavy (non-hydrogen) atoms. The van der Waals surface area contributed by atoms with Crippen LogP contribution in [0.5, 0.6) is 5.75 Å². The lowest BCUT2D eigenvalue weighted by atomic mass is 9.92. The van der Waals surface area contributed by atoms with Crippen LogP contribution >= 0.6 is 11.6 Å². The van der Waals surface area contributed by atoms with Crippen molar-refractivity contribution in [3.63, 3.8) is 0 Å². The number of amides is 1. The number of rotatable bonds is 5. The monoisotopic (exact) mass is 633 g/mol. The average Bonchev–Trinajstić information content (AvgIpc) is 3.16. The van der Waals surface area contributed by atoms with Crippen LogP contribution in [0.4, 0.5) is 20.3 Å². The molecule has 3 aromatic carbocycles. The second-order valence-electron chi connectivity index (χ2n) is 12.1. The normalized spacial score (nSPS) is 16.2. The summed E-state index contributed by atoms with van der Waals surface area (Å²) in [5.74, 6) is -2.43. The molecule has 1 aromatic heterocycles. The fourth-order valence-electron chi connectivity index (χ4n) is 6.59. The van der Waals surface area contributed by atoms with Crippen molar-refractivity contribution in [1.29, 1.82) is 0 Å². The van der Waals surface area contributed by atoms with E-state index >= 15 is 8.78 Å². The van der Waals surface area contributed by atoms with Crippen LogP contribution in [-0.2, 0) is 4.79 Å². The first-order valence-electron chi connectivity index (χ1n) is 15.0. The van der Waals surface area contributed by atoms with Crippen molar-refractivity contribution in [3.05, 3.63) is 87.3 Å². The van der Waals surface area contributed by atoms with Crippen molar-refractivity contribution in [3.8, 4) is 22.6 Å². The van der Waals surface area contributed by atoms with E-state index in [0.29, 0.717) is 25.3 Å². The SMILES string of the molecule is C=CC(=O)N1CCN2c3nc(=O)n(-c4c(C(C)C)cccc4C(C)C)c4c(F)c(-c5c(O)cccc5F)c(Cl)c(c34)NCC2C1. The van der Waals surface area contributed by atoms with Gasteiger partial charge < -0.3 is 20.2 Å². The van der Waals surface area contributed by atoms with Crippen LogP contribution in [0.1, 0.15) is 50.7 Å². The maximum atomic E-state index is 17.4. The highest BCUT2D eigenvalue weighted by molar-refractivity contribution is 6.38. The van der Waals surface area contributed by atoms with Crippen LogP contribution in [0, 0.1) is 11.6 Å². The summed E-state index contributed by atoms with van der Waals surface area (Å²) in [4.78, 5) is 35.0. The molecule has 0 bridgehead atoms. The van der Waals surface area contributed by atoms with Crippen LogP contribution in [0.3, 0.4) is 0 Å². The fraction of sp³-hybridized carbons (Fsp3) is 0.324. The summed E-state index contributed by atoms with van der Waals surface area (Å²) in [6.07, 6.45) is 1.25. The first-order chi connectivity index (χ1) is 21.5. The smallest absolute Gasteiger partial charge is 0.354 e. The predicted octanol–water partition coefficient (Wildman–Crippen LogP) is 6.57. The van der Waals surface area contributed by atoms with E-state index in [2.05, 4.69) is 16.9 Å². The van der Waals surface area contributed by atoms with Crippen LogP contribution in [-0.4, -0.2) is 57.7 Å². The maximum Gasteiger partial charge on any atom is 0.354 e. The van der Waals surface area contributed by atoms with Gasteiger partial charge in [0.15, 0.2) is 5.82 Å². The Bertz CT molecular complexity index is 1890. The number of piperazine rings is 1. The van der Waals surface area contributed by atoms with Gasteiger partial charge in [0, 0.05) is 31.7 Å². The third kappa shape index (κ3) is 4.82. The Morgan fingerprint density at radius 2 is 1.76 bits per heavy atom. The van der Waals surface area contributed by atoms with Gasteiger partial charge in [-0.25, -0.2) is 13.6 Å². The number of para-hydroxylation sites is 1. The standard InChI is InChI=1S/C34H34ClF2N5O3/c1-6-24(44)40-13-14-41-19(16-40)15-38-30-27-32(29(37)26(28(30)35)25-22(36)11-8-12-23(25)43)42(34(45)39-33(27)41)31-20(17(2)3)9-7-10-21(31)18(4)5/h6-12,17-19,38,43H,1,13-16H2,2-5H3. The summed E-state index contributed by atoms with van der Waals surface area (Å²) in [5, 5.41) is 14.2. The molecule has 2 aliphatic heterocycles.